The lowest BCUT2D eigenvalue weighted by Crippen LogP contribution is -2.18. The van der Waals surface area contributed by atoms with Crippen LogP contribution in [0.2, 0.25) is 0 Å². The lowest BCUT2D eigenvalue weighted by Gasteiger charge is -2.02. The Morgan fingerprint density at radius 2 is 2.00 bits per heavy atom. The van der Waals surface area contributed by atoms with E-state index in [1.54, 1.807) is 6.92 Å². The molecule has 0 radical (unpaired) electrons. The Morgan fingerprint density at radius 3 is 2.59 bits per heavy atom. The summed E-state index contributed by atoms with van der Waals surface area (Å²) in [5, 5.41) is 3.75. The van der Waals surface area contributed by atoms with Crippen LogP contribution in [-0.2, 0) is 4.74 Å². The van der Waals surface area contributed by atoms with E-state index in [9.17, 15) is 4.79 Å². The number of carbonyl (C=O) groups excluding carboxylic acids is 1. The van der Waals surface area contributed by atoms with E-state index in [4.69, 9.17) is 4.74 Å². The van der Waals surface area contributed by atoms with E-state index in [2.05, 4.69) is 15.3 Å². The van der Waals surface area contributed by atoms with Gasteiger partial charge >= 0.3 is 6.09 Å². The van der Waals surface area contributed by atoms with E-state index >= 15 is 0 Å². The van der Waals surface area contributed by atoms with Gasteiger partial charge in [0.2, 0.25) is 0 Å². The van der Waals surface area contributed by atoms with Crippen molar-refractivity contribution in [2.45, 2.75) is 13.8 Å². The smallest absolute Gasteiger partial charge is 0.427 e. The Bertz CT molecular complexity index is 374. The Hall–Kier alpha value is -2.04. The number of benzene rings is 1. The number of carbonyl (C=O) groups is 1. The second-order valence-electron chi connectivity index (χ2n) is 3.09. The minimum absolute atomic E-state index is 0.324. The van der Waals surface area contributed by atoms with Crippen molar-refractivity contribution in [2.75, 3.05) is 13.2 Å². The summed E-state index contributed by atoms with van der Waals surface area (Å²) in [4.78, 5) is 10.9. The molecule has 5 nitrogen and oxygen atoms in total. The maximum Gasteiger partial charge on any atom is 0.427 e. The minimum Gasteiger partial charge on any atom is -0.494 e. The second-order valence-corrected chi connectivity index (χ2v) is 3.09. The van der Waals surface area contributed by atoms with Gasteiger partial charge in [-0.3, -0.25) is 0 Å². The largest absolute Gasteiger partial charge is 0.494 e. The fraction of sp³-hybridized carbons (Fsp3) is 0.333. The summed E-state index contributed by atoms with van der Waals surface area (Å²) in [5.41, 5.74) is 3.11. The summed E-state index contributed by atoms with van der Waals surface area (Å²) in [6, 6.07) is 7.38. The molecule has 0 aliphatic carbocycles. The van der Waals surface area contributed by atoms with Crippen LogP contribution in [0.15, 0.2) is 29.4 Å². The standard InChI is InChI=1S/C12H16N2O3/c1-3-16-11-7-5-10(6-8-11)9-13-14-12(15)17-4-2/h5-9H,3-4H2,1-2H3,(H,14,15)/b13-9-. The van der Waals surface area contributed by atoms with Gasteiger partial charge in [-0.05, 0) is 43.7 Å². The maximum absolute atomic E-state index is 10.9. The van der Waals surface area contributed by atoms with Gasteiger partial charge in [-0.1, -0.05) is 0 Å². The van der Waals surface area contributed by atoms with Gasteiger partial charge in [-0.2, -0.15) is 5.10 Å². The normalized spacial score (nSPS) is 10.2. The molecule has 0 aliphatic heterocycles. The molecular weight excluding hydrogens is 220 g/mol. The average molecular weight is 236 g/mol. The highest BCUT2D eigenvalue weighted by Crippen LogP contribution is 2.10. The van der Waals surface area contributed by atoms with E-state index in [0.29, 0.717) is 13.2 Å². The SMILES string of the molecule is CCOC(=O)N/N=C\c1ccc(OCC)cc1. The quantitative estimate of drug-likeness (QED) is 0.629. The molecule has 0 bridgehead atoms. The highest BCUT2D eigenvalue weighted by atomic mass is 16.5. The molecule has 1 aromatic rings. The van der Waals surface area contributed by atoms with Crippen LogP contribution < -0.4 is 10.2 Å². The highest BCUT2D eigenvalue weighted by Gasteiger charge is 1.96. The summed E-state index contributed by atoms with van der Waals surface area (Å²) in [6.07, 6.45) is 0.974. The van der Waals surface area contributed by atoms with Crippen molar-refractivity contribution in [2.24, 2.45) is 5.10 Å². The van der Waals surface area contributed by atoms with Crippen molar-refractivity contribution in [3.8, 4) is 5.75 Å². The van der Waals surface area contributed by atoms with Crippen LogP contribution in [0.25, 0.3) is 0 Å². The van der Waals surface area contributed by atoms with Gasteiger partial charge in [0.05, 0.1) is 19.4 Å². The topological polar surface area (TPSA) is 59.9 Å². The first kappa shape index (κ1) is 13.0. The number of rotatable bonds is 5. The number of hydrogen-bond acceptors (Lipinski definition) is 4. The third-order valence-corrected chi connectivity index (χ3v) is 1.84. The maximum atomic E-state index is 10.9. The first-order chi connectivity index (χ1) is 8.26. The average Bonchev–Trinajstić information content (AvgIpc) is 2.32. The van der Waals surface area contributed by atoms with Crippen LogP contribution >= 0.6 is 0 Å². The number of nitrogens with one attached hydrogen (secondary N) is 1. The third-order valence-electron chi connectivity index (χ3n) is 1.84. The summed E-state index contributed by atoms with van der Waals surface area (Å²) in [5.74, 6) is 0.808. The van der Waals surface area contributed by atoms with Gasteiger partial charge in [0.1, 0.15) is 5.75 Å². The van der Waals surface area contributed by atoms with Crippen molar-refractivity contribution < 1.29 is 14.3 Å². The van der Waals surface area contributed by atoms with Crippen LogP contribution in [-0.4, -0.2) is 25.5 Å². The lowest BCUT2D eigenvalue weighted by atomic mass is 10.2. The fourth-order valence-corrected chi connectivity index (χ4v) is 1.14. The van der Waals surface area contributed by atoms with E-state index in [1.165, 1.54) is 6.21 Å². The van der Waals surface area contributed by atoms with Gasteiger partial charge in [0.15, 0.2) is 0 Å². The number of nitrogens with zero attached hydrogens (tertiary/aromatic N) is 1. The Morgan fingerprint density at radius 1 is 1.29 bits per heavy atom. The molecule has 0 aromatic heterocycles. The molecule has 0 aliphatic rings. The molecular formula is C12H16N2O3. The molecule has 17 heavy (non-hydrogen) atoms. The van der Waals surface area contributed by atoms with E-state index in [1.807, 2.05) is 31.2 Å². The van der Waals surface area contributed by atoms with E-state index in [0.717, 1.165) is 11.3 Å². The Kier molecular flexibility index (Phi) is 5.57. The summed E-state index contributed by atoms with van der Waals surface area (Å²) >= 11 is 0. The molecule has 0 spiro atoms. The van der Waals surface area contributed by atoms with Gasteiger partial charge in [0.25, 0.3) is 0 Å². The van der Waals surface area contributed by atoms with Gasteiger partial charge in [-0.25, -0.2) is 10.2 Å². The zero-order valence-corrected chi connectivity index (χ0v) is 9.97. The van der Waals surface area contributed by atoms with Crippen molar-refractivity contribution in [3.63, 3.8) is 0 Å². The molecule has 0 saturated carbocycles. The number of hydrazone groups is 1. The zero-order valence-electron chi connectivity index (χ0n) is 9.97. The van der Waals surface area contributed by atoms with Crippen LogP contribution in [0.3, 0.4) is 0 Å². The Balaban J connectivity index is 2.45. The molecule has 1 amide bonds. The lowest BCUT2D eigenvalue weighted by molar-refractivity contribution is 0.152. The summed E-state index contributed by atoms with van der Waals surface area (Å²) < 4.78 is 9.95. The zero-order chi connectivity index (χ0) is 12.5. The van der Waals surface area contributed by atoms with Crippen LogP contribution in [0.4, 0.5) is 4.79 Å². The minimum atomic E-state index is -0.560. The molecule has 1 aromatic carbocycles. The van der Waals surface area contributed by atoms with E-state index < -0.39 is 6.09 Å². The predicted octanol–water partition coefficient (Wildman–Crippen LogP) is 2.17. The van der Waals surface area contributed by atoms with Crippen molar-refractivity contribution in [1.29, 1.82) is 0 Å². The number of hydrogen-bond donors (Lipinski definition) is 1. The third kappa shape index (κ3) is 5.01. The summed E-state index contributed by atoms with van der Waals surface area (Å²) in [7, 11) is 0. The fourth-order valence-electron chi connectivity index (χ4n) is 1.14. The van der Waals surface area contributed by atoms with Gasteiger partial charge < -0.3 is 9.47 Å². The van der Waals surface area contributed by atoms with Crippen LogP contribution in [0, 0.1) is 0 Å². The molecule has 92 valence electrons. The molecule has 0 heterocycles. The molecule has 5 heteroatoms. The second kappa shape index (κ2) is 7.27. The molecule has 1 rings (SSSR count). The van der Waals surface area contributed by atoms with Crippen molar-refractivity contribution in [1.82, 2.24) is 5.43 Å². The summed E-state index contributed by atoms with van der Waals surface area (Å²) in [6.45, 7) is 4.62. The van der Waals surface area contributed by atoms with Gasteiger partial charge in [-0.15, -0.1) is 0 Å². The molecule has 0 atom stereocenters. The van der Waals surface area contributed by atoms with Crippen LogP contribution in [0.5, 0.6) is 5.75 Å². The Labute approximate surface area is 100 Å². The number of amides is 1. The highest BCUT2D eigenvalue weighted by molar-refractivity contribution is 5.80. The predicted molar refractivity (Wildman–Crippen MR) is 65.4 cm³/mol. The molecule has 0 saturated heterocycles. The molecule has 1 N–H and O–H groups in total. The van der Waals surface area contributed by atoms with Crippen LogP contribution in [0.1, 0.15) is 19.4 Å². The van der Waals surface area contributed by atoms with Gasteiger partial charge in [0, 0.05) is 0 Å². The van der Waals surface area contributed by atoms with E-state index in [-0.39, 0.29) is 0 Å². The number of ether oxygens (including phenoxy) is 2. The molecule has 0 unspecified atom stereocenters. The molecule has 0 fully saturated rings. The first-order valence-electron chi connectivity index (χ1n) is 5.45. The van der Waals surface area contributed by atoms with Crippen molar-refractivity contribution >= 4 is 12.3 Å². The first-order valence-corrected chi connectivity index (χ1v) is 5.45. The monoisotopic (exact) mass is 236 g/mol. The van der Waals surface area contributed by atoms with Crippen molar-refractivity contribution in [3.05, 3.63) is 29.8 Å².